The van der Waals surface area contributed by atoms with Crippen LogP contribution < -0.4 is 0 Å². The zero-order chi connectivity index (χ0) is 17.5. The summed E-state index contributed by atoms with van der Waals surface area (Å²) in [6.45, 7) is 1.98. The number of thioether (sulfide) groups is 1. The van der Waals surface area contributed by atoms with Crippen LogP contribution in [0.25, 0.3) is 22.4 Å². The van der Waals surface area contributed by atoms with Gasteiger partial charge in [0.05, 0.1) is 27.8 Å². The molecule has 9 heteroatoms. The summed E-state index contributed by atoms with van der Waals surface area (Å²) < 4.78 is 40.2. The van der Waals surface area contributed by atoms with Crippen molar-refractivity contribution in [1.29, 1.82) is 0 Å². The molecule has 3 heterocycles. The summed E-state index contributed by atoms with van der Waals surface area (Å²) in [7, 11) is 1.71. The molecule has 24 heavy (non-hydrogen) atoms. The van der Waals surface area contributed by atoms with Crippen molar-refractivity contribution in [2.24, 2.45) is 7.05 Å². The van der Waals surface area contributed by atoms with Crippen LogP contribution in [0.5, 0.6) is 0 Å². The van der Waals surface area contributed by atoms with E-state index in [9.17, 15) is 13.2 Å². The number of nitrogens with zero attached hydrogens (tertiary/aromatic N) is 4. The van der Waals surface area contributed by atoms with E-state index in [1.54, 1.807) is 23.9 Å². The maximum atomic E-state index is 12.8. The van der Waals surface area contributed by atoms with E-state index in [0.717, 1.165) is 11.8 Å². The van der Waals surface area contributed by atoms with Crippen LogP contribution in [0.3, 0.4) is 0 Å². The quantitative estimate of drug-likeness (QED) is 0.618. The molecular weight excluding hydrogens is 361 g/mol. The van der Waals surface area contributed by atoms with Gasteiger partial charge in [-0.2, -0.15) is 13.2 Å². The van der Waals surface area contributed by atoms with Crippen LogP contribution >= 0.6 is 23.4 Å². The van der Waals surface area contributed by atoms with Crippen molar-refractivity contribution in [3.63, 3.8) is 0 Å². The van der Waals surface area contributed by atoms with E-state index in [4.69, 9.17) is 11.6 Å². The van der Waals surface area contributed by atoms with Crippen molar-refractivity contribution in [3.8, 4) is 11.4 Å². The van der Waals surface area contributed by atoms with Gasteiger partial charge >= 0.3 is 6.18 Å². The van der Waals surface area contributed by atoms with Crippen molar-refractivity contribution in [3.05, 3.63) is 35.2 Å². The molecule has 0 atom stereocenters. The number of alkyl halides is 3. The lowest BCUT2D eigenvalue weighted by molar-refractivity contribution is -0.141. The van der Waals surface area contributed by atoms with Crippen LogP contribution in [0.1, 0.15) is 12.6 Å². The van der Waals surface area contributed by atoms with Crippen LogP contribution in [0.15, 0.2) is 29.6 Å². The normalized spacial score (nSPS) is 12.1. The minimum absolute atomic E-state index is 0.210. The molecule has 0 saturated carbocycles. The lowest BCUT2D eigenvalue weighted by Crippen LogP contribution is -2.07. The van der Waals surface area contributed by atoms with Crippen molar-refractivity contribution >= 4 is 34.4 Å². The Bertz CT molecular complexity index is 908. The highest BCUT2D eigenvalue weighted by atomic mass is 35.5. The molecule has 0 amide bonds. The molecule has 0 unspecified atom stereocenters. The summed E-state index contributed by atoms with van der Waals surface area (Å²) in [6.07, 6.45) is -1.75. The van der Waals surface area contributed by atoms with E-state index >= 15 is 0 Å². The number of hydrogen-bond acceptors (Lipinski definition) is 4. The molecule has 0 aliphatic carbocycles. The molecule has 0 aromatic carbocycles. The van der Waals surface area contributed by atoms with E-state index < -0.39 is 11.9 Å². The van der Waals surface area contributed by atoms with Crippen LogP contribution in [0.4, 0.5) is 13.2 Å². The van der Waals surface area contributed by atoms with Crippen LogP contribution in [-0.2, 0) is 13.2 Å². The van der Waals surface area contributed by atoms with Gasteiger partial charge in [0.1, 0.15) is 16.5 Å². The van der Waals surface area contributed by atoms with E-state index in [0.29, 0.717) is 27.0 Å². The highest BCUT2D eigenvalue weighted by Gasteiger charge is 2.33. The number of rotatable bonds is 3. The third-order valence-electron chi connectivity index (χ3n) is 3.43. The number of aryl methyl sites for hydroxylation is 1. The van der Waals surface area contributed by atoms with Gasteiger partial charge in [0, 0.05) is 13.2 Å². The maximum Gasteiger partial charge on any atom is 0.433 e. The van der Waals surface area contributed by atoms with Gasteiger partial charge in [-0.25, -0.2) is 15.0 Å². The molecule has 3 rings (SSSR count). The fraction of sp³-hybridized carbons (Fsp3) is 0.267. The molecule has 0 aliphatic rings. The topological polar surface area (TPSA) is 43.6 Å². The molecular formula is C15H12ClF3N4S. The summed E-state index contributed by atoms with van der Waals surface area (Å²) in [5.41, 5.74) is 0.339. The molecule has 126 valence electrons. The van der Waals surface area contributed by atoms with Gasteiger partial charge in [0.15, 0.2) is 0 Å². The molecule has 0 bridgehead atoms. The Balaban J connectivity index is 2.23. The van der Waals surface area contributed by atoms with Gasteiger partial charge in [-0.1, -0.05) is 18.5 Å². The summed E-state index contributed by atoms with van der Waals surface area (Å²) in [5, 5.41) is 1.13. The first-order valence-corrected chi connectivity index (χ1v) is 8.36. The Morgan fingerprint density at radius 3 is 2.71 bits per heavy atom. The van der Waals surface area contributed by atoms with Gasteiger partial charge in [0.25, 0.3) is 0 Å². The minimum Gasteiger partial charge on any atom is -0.326 e. The predicted octanol–water partition coefficient (Wildman–Crippen LogP) is 4.81. The fourth-order valence-corrected chi connectivity index (χ4v) is 3.38. The van der Waals surface area contributed by atoms with Crippen molar-refractivity contribution < 1.29 is 13.2 Å². The van der Waals surface area contributed by atoms with Crippen molar-refractivity contribution in [2.45, 2.75) is 18.1 Å². The van der Waals surface area contributed by atoms with E-state index in [1.807, 2.05) is 6.92 Å². The third kappa shape index (κ3) is 2.95. The molecule has 3 aromatic rings. The average Bonchev–Trinajstić information content (AvgIpc) is 2.83. The van der Waals surface area contributed by atoms with Crippen LogP contribution in [0, 0.1) is 0 Å². The highest BCUT2D eigenvalue weighted by molar-refractivity contribution is 7.99. The number of halogens is 4. The lowest BCUT2D eigenvalue weighted by Gasteiger charge is -2.09. The minimum atomic E-state index is -4.51. The van der Waals surface area contributed by atoms with Crippen LogP contribution in [0.2, 0.25) is 5.02 Å². The van der Waals surface area contributed by atoms with Gasteiger partial charge in [-0.3, -0.25) is 0 Å². The van der Waals surface area contributed by atoms with Gasteiger partial charge in [-0.05, 0) is 17.9 Å². The lowest BCUT2D eigenvalue weighted by atomic mass is 10.2. The Hall–Kier alpha value is -1.80. The zero-order valence-electron chi connectivity index (χ0n) is 12.7. The second kappa shape index (κ2) is 6.25. The molecule has 3 aromatic heterocycles. The summed E-state index contributed by atoms with van der Waals surface area (Å²) in [5.74, 6) is 1.24. The number of imidazole rings is 1. The number of aromatic nitrogens is 4. The first kappa shape index (κ1) is 17.0. The van der Waals surface area contributed by atoms with Gasteiger partial charge in [0.2, 0.25) is 0 Å². The third-order valence-corrected chi connectivity index (χ3v) is 4.61. The van der Waals surface area contributed by atoms with E-state index in [2.05, 4.69) is 15.0 Å². The van der Waals surface area contributed by atoms with E-state index in [1.165, 1.54) is 18.0 Å². The first-order chi connectivity index (χ1) is 11.3. The molecule has 0 radical (unpaired) electrons. The molecule has 0 saturated heterocycles. The predicted molar refractivity (Wildman–Crippen MR) is 88.2 cm³/mol. The highest BCUT2D eigenvalue weighted by Crippen LogP contribution is 2.37. The first-order valence-electron chi connectivity index (χ1n) is 7.00. The Labute approximate surface area is 145 Å². The smallest absolute Gasteiger partial charge is 0.326 e. The largest absolute Gasteiger partial charge is 0.433 e. The molecule has 4 nitrogen and oxygen atoms in total. The number of fused-ring (bicyclic) bond motifs is 1. The number of hydrogen-bond donors (Lipinski definition) is 0. The van der Waals surface area contributed by atoms with Crippen molar-refractivity contribution in [1.82, 2.24) is 19.5 Å². The monoisotopic (exact) mass is 372 g/mol. The standard InChI is InChI=1S/C15H12ClF3N4S/c1-3-24-14-12(8(16)4-5-20-14)13-22-9-6-11(15(17,18)19)21-7-10(9)23(13)2/h4-7H,3H2,1-2H3. The van der Waals surface area contributed by atoms with Crippen LogP contribution in [-0.4, -0.2) is 25.3 Å². The molecule has 0 aliphatic heterocycles. The Kier molecular flexibility index (Phi) is 4.44. The van der Waals surface area contributed by atoms with Gasteiger partial charge in [-0.15, -0.1) is 11.8 Å². The fourth-order valence-electron chi connectivity index (χ4n) is 2.34. The molecule has 0 fully saturated rings. The number of pyridine rings is 2. The Morgan fingerprint density at radius 2 is 2.04 bits per heavy atom. The summed E-state index contributed by atoms with van der Waals surface area (Å²) >= 11 is 7.79. The maximum absolute atomic E-state index is 12.8. The SMILES string of the molecule is CCSc1nccc(Cl)c1-c1nc2cc(C(F)(F)F)ncc2n1C. The van der Waals surface area contributed by atoms with Crippen molar-refractivity contribution in [2.75, 3.05) is 5.75 Å². The summed E-state index contributed by atoms with van der Waals surface area (Å²) in [6, 6.07) is 2.57. The second-order valence-corrected chi connectivity index (χ2v) is 6.62. The molecule has 0 spiro atoms. The van der Waals surface area contributed by atoms with Gasteiger partial charge < -0.3 is 4.57 Å². The zero-order valence-corrected chi connectivity index (χ0v) is 14.3. The second-order valence-electron chi connectivity index (χ2n) is 4.96. The average molecular weight is 373 g/mol. The van der Waals surface area contributed by atoms with E-state index in [-0.39, 0.29) is 5.52 Å². The molecule has 0 N–H and O–H groups in total. The Morgan fingerprint density at radius 1 is 1.29 bits per heavy atom. The summed E-state index contributed by atoms with van der Waals surface area (Å²) in [4.78, 5) is 12.1.